The molecule has 0 aliphatic rings. The summed E-state index contributed by atoms with van der Waals surface area (Å²) in [6, 6.07) is 2.10. The Bertz CT molecular complexity index is 585. The highest BCUT2D eigenvalue weighted by Crippen LogP contribution is 2.27. The fourth-order valence-electron chi connectivity index (χ4n) is 1.95. The Kier molecular flexibility index (Phi) is 4.14. The van der Waals surface area contributed by atoms with Gasteiger partial charge < -0.3 is 5.32 Å². The van der Waals surface area contributed by atoms with E-state index >= 15 is 0 Å². The first-order valence-corrected chi connectivity index (χ1v) is 7.03. The predicted octanol–water partition coefficient (Wildman–Crippen LogP) is 3.52. The molecule has 0 unspecified atom stereocenters. The molecule has 2 aromatic rings. The van der Waals surface area contributed by atoms with Crippen molar-refractivity contribution in [3.8, 4) is 11.5 Å². The molecule has 0 saturated carbocycles. The van der Waals surface area contributed by atoms with Crippen LogP contribution in [0.1, 0.15) is 23.7 Å². The number of pyridine rings is 1. The van der Waals surface area contributed by atoms with Crippen molar-refractivity contribution in [1.29, 1.82) is 0 Å². The van der Waals surface area contributed by atoms with E-state index in [1.54, 1.807) is 0 Å². The zero-order chi connectivity index (χ0) is 14.0. The average Bonchev–Trinajstić information content (AvgIpc) is 2.39. The van der Waals surface area contributed by atoms with Crippen molar-refractivity contribution in [1.82, 2.24) is 15.0 Å². The molecule has 4 nitrogen and oxygen atoms in total. The van der Waals surface area contributed by atoms with E-state index < -0.39 is 0 Å². The van der Waals surface area contributed by atoms with Gasteiger partial charge in [0.05, 0.1) is 10.2 Å². The third-order valence-corrected chi connectivity index (χ3v) is 3.75. The number of aryl methyl sites for hydroxylation is 3. The largest absolute Gasteiger partial charge is 0.372 e. The molecule has 19 heavy (non-hydrogen) atoms. The number of anilines is 1. The topological polar surface area (TPSA) is 50.7 Å². The fourth-order valence-corrected chi connectivity index (χ4v) is 2.60. The van der Waals surface area contributed by atoms with Crippen LogP contribution in [0.15, 0.2) is 16.7 Å². The van der Waals surface area contributed by atoms with Crippen LogP contribution < -0.4 is 5.32 Å². The maximum Gasteiger partial charge on any atom is 0.180 e. The summed E-state index contributed by atoms with van der Waals surface area (Å²) < 4.78 is 0.922. The van der Waals surface area contributed by atoms with Crippen molar-refractivity contribution >= 4 is 21.7 Å². The summed E-state index contributed by atoms with van der Waals surface area (Å²) in [4.78, 5) is 13.6. The Balaban J connectivity index is 2.62. The van der Waals surface area contributed by atoms with E-state index in [1.165, 1.54) is 0 Å². The molecule has 0 atom stereocenters. The zero-order valence-corrected chi connectivity index (χ0v) is 13.2. The maximum absolute atomic E-state index is 4.60. The van der Waals surface area contributed by atoms with E-state index in [0.717, 1.165) is 39.2 Å². The smallest absolute Gasteiger partial charge is 0.180 e. The van der Waals surface area contributed by atoms with Gasteiger partial charge in [-0.1, -0.05) is 13.0 Å². The molecule has 2 heterocycles. The van der Waals surface area contributed by atoms with E-state index in [1.807, 2.05) is 27.1 Å². The first-order chi connectivity index (χ1) is 9.06. The highest BCUT2D eigenvalue weighted by Gasteiger charge is 2.13. The second-order valence-electron chi connectivity index (χ2n) is 4.44. The predicted molar refractivity (Wildman–Crippen MR) is 81.4 cm³/mol. The lowest BCUT2D eigenvalue weighted by molar-refractivity contribution is 0.981. The van der Waals surface area contributed by atoms with Gasteiger partial charge in [-0.3, -0.25) is 4.98 Å². The maximum atomic E-state index is 4.60. The van der Waals surface area contributed by atoms with Crippen molar-refractivity contribution in [3.63, 3.8) is 0 Å². The van der Waals surface area contributed by atoms with E-state index in [4.69, 9.17) is 0 Å². The summed E-state index contributed by atoms with van der Waals surface area (Å²) >= 11 is 3.53. The minimum atomic E-state index is 0.668. The van der Waals surface area contributed by atoms with Crippen LogP contribution in [0.4, 0.5) is 5.82 Å². The van der Waals surface area contributed by atoms with Gasteiger partial charge in [-0.2, -0.15) is 0 Å². The molecule has 0 aliphatic heterocycles. The number of nitrogens with one attached hydrogen (secondary N) is 1. The summed E-state index contributed by atoms with van der Waals surface area (Å²) in [5.41, 5.74) is 4.05. The van der Waals surface area contributed by atoms with Crippen LogP contribution >= 0.6 is 15.9 Å². The fraction of sp³-hybridized carbons (Fsp3) is 0.357. The summed E-state index contributed by atoms with van der Waals surface area (Å²) in [5, 5.41) is 3.09. The summed E-state index contributed by atoms with van der Waals surface area (Å²) in [6.45, 7) is 6.14. The second kappa shape index (κ2) is 5.65. The summed E-state index contributed by atoms with van der Waals surface area (Å²) in [5.74, 6) is 1.46. The van der Waals surface area contributed by atoms with Crippen molar-refractivity contribution in [3.05, 3.63) is 33.6 Å². The van der Waals surface area contributed by atoms with Crippen LogP contribution in [0.5, 0.6) is 0 Å². The minimum Gasteiger partial charge on any atom is -0.372 e. The molecule has 2 rings (SSSR count). The van der Waals surface area contributed by atoms with Gasteiger partial charge in [0, 0.05) is 13.2 Å². The standard InChI is InChI=1S/C14H17BrN4/c1-5-10-11(15)13(16-4)19-14(18-10)12-9(3)6-8(2)7-17-12/h6-7H,5H2,1-4H3,(H,16,18,19). The van der Waals surface area contributed by atoms with Crippen molar-refractivity contribution in [2.24, 2.45) is 0 Å². The lowest BCUT2D eigenvalue weighted by Gasteiger charge is -2.11. The Labute approximate surface area is 121 Å². The zero-order valence-electron chi connectivity index (χ0n) is 11.6. The van der Waals surface area contributed by atoms with Gasteiger partial charge in [0.2, 0.25) is 0 Å². The second-order valence-corrected chi connectivity index (χ2v) is 5.23. The number of halogens is 1. The number of hydrogen-bond acceptors (Lipinski definition) is 4. The number of hydrogen-bond donors (Lipinski definition) is 1. The molecule has 100 valence electrons. The Hall–Kier alpha value is -1.49. The van der Waals surface area contributed by atoms with Gasteiger partial charge in [-0.25, -0.2) is 9.97 Å². The van der Waals surface area contributed by atoms with E-state index in [-0.39, 0.29) is 0 Å². The molecule has 0 bridgehead atoms. The Morgan fingerprint density at radius 3 is 2.58 bits per heavy atom. The third kappa shape index (κ3) is 2.76. The molecule has 0 spiro atoms. The van der Waals surface area contributed by atoms with Crippen LogP contribution in [-0.2, 0) is 6.42 Å². The van der Waals surface area contributed by atoms with Gasteiger partial charge in [0.25, 0.3) is 0 Å². The quantitative estimate of drug-likeness (QED) is 0.940. The Morgan fingerprint density at radius 1 is 1.26 bits per heavy atom. The molecule has 0 aromatic carbocycles. The third-order valence-electron chi connectivity index (χ3n) is 2.92. The molecule has 1 N–H and O–H groups in total. The van der Waals surface area contributed by atoms with Gasteiger partial charge in [0.1, 0.15) is 11.5 Å². The van der Waals surface area contributed by atoms with E-state index in [9.17, 15) is 0 Å². The molecule has 5 heteroatoms. The number of aromatic nitrogens is 3. The van der Waals surface area contributed by atoms with Crippen LogP contribution in [-0.4, -0.2) is 22.0 Å². The lowest BCUT2D eigenvalue weighted by Crippen LogP contribution is -2.04. The molecule has 0 saturated heterocycles. The van der Waals surface area contributed by atoms with Crippen LogP contribution in [0.2, 0.25) is 0 Å². The highest BCUT2D eigenvalue weighted by atomic mass is 79.9. The molecule has 0 amide bonds. The highest BCUT2D eigenvalue weighted by molar-refractivity contribution is 9.10. The lowest BCUT2D eigenvalue weighted by atomic mass is 10.1. The van der Waals surface area contributed by atoms with Gasteiger partial charge in [-0.15, -0.1) is 0 Å². The summed E-state index contributed by atoms with van der Waals surface area (Å²) in [7, 11) is 1.85. The van der Waals surface area contributed by atoms with Gasteiger partial charge in [-0.05, 0) is 47.3 Å². The molecule has 2 aromatic heterocycles. The van der Waals surface area contributed by atoms with E-state index in [0.29, 0.717) is 5.82 Å². The van der Waals surface area contributed by atoms with Gasteiger partial charge >= 0.3 is 0 Å². The van der Waals surface area contributed by atoms with Crippen molar-refractivity contribution in [2.75, 3.05) is 12.4 Å². The molecular weight excluding hydrogens is 304 g/mol. The molecule has 0 aliphatic carbocycles. The average molecular weight is 321 g/mol. The monoisotopic (exact) mass is 320 g/mol. The van der Waals surface area contributed by atoms with Gasteiger partial charge in [0.15, 0.2) is 5.82 Å². The van der Waals surface area contributed by atoms with Crippen LogP contribution in [0.3, 0.4) is 0 Å². The Morgan fingerprint density at radius 2 is 2.00 bits per heavy atom. The van der Waals surface area contributed by atoms with Crippen LogP contribution in [0, 0.1) is 13.8 Å². The first-order valence-electron chi connectivity index (χ1n) is 6.24. The van der Waals surface area contributed by atoms with Crippen molar-refractivity contribution in [2.45, 2.75) is 27.2 Å². The van der Waals surface area contributed by atoms with Crippen molar-refractivity contribution < 1.29 is 0 Å². The SMILES string of the molecule is CCc1nc(-c2ncc(C)cc2C)nc(NC)c1Br. The number of nitrogens with zero attached hydrogens (tertiary/aromatic N) is 3. The van der Waals surface area contributed by atoms with Crippen LogP contribution in [0.25, 0.3) is 11.5 Å². The molecule has 0 fully saturated rings. The molecular formula is C14H17BrN4. The normalized spacial score (nSPS) is 10.6. The number of rotatable bonds is 3. The minimum absolute atomic E-state index is 0.668. The first kappa shape index (κ1) is 13.9. The van der Waals surface area contributed by atoms with E-state index in [2.05, 4.69) is 49.2 Å². The molecule has 0 radical (unpaired) electrons. The summed E-state index contributed by atoms with van der Waals surface area (Å²) in [6.07, 6.45) is 2.69.